The Morgan fingerprint density at radius 1 is 1.63 bits per heavy atom. The summed E-state index contributed by atoms with van der Waals surface area (Å²) in [4.78, 5) is 19.6. The van der Waals surface area contributed by atoms with Gasteiger partial charge in [-0.1, -0.05) is 6.92 Å². The van der Waals surface area contributed by atoms with E-state index in [1.54, 1.807) is 11.3 Å². The van der Waals surface area contributed by atoms with E-state index in [1.165, 1.54) is 0 Å². The number of amides is 1. The number of piperazine rings is 1. The SMILES string of the molecule is CCC1C(=O)NCCN1c1nc2sccn2c1CN. The van der Waals surface area contributed by atoms with E-state index in [0.29, 0.717) is 13.1 Å². The molecule has 0 aliphatic carbocycles. The van der Waals surface area contributed by atoms with Crippen molar-refractivity contribution in [2.75, 3.05) is 18.0 Å². The number of hydrogen-bond donors (Lipinski definition) is 2. The molecule has 102 valence electrons. The number of nitrogens with zero attached hydrogens (tertiary/aromatic N) is 3. The number of nitrogens with one attached hydrogen (secondary N) is 1. The van der Waals surface area contributed by atoms with Crippen molar-refractivity contribution in [3.63, 3.8) is 0 Å². The lowest BCUT2D eigenvalue weighted by atomic mass is 10.1. The smallest absolute Gasteiger partial charge is 0.242 e. The molecule has 1 atom stereocenters. The number of anilines is 1. The fraction of sp³-hybridized carbons (Fsp3) is 0.500. The molecule has 0 bridgehead atoms. The maximum absolute atomic E-state index is 11.9. The first-order valence-electron chi connectivity index (χ1n) is 6.45. The Bertz CT molecular complexity index is 604. The second-order valence-electron chi connectivity index (χ2n) is 4.55. The minimum Gasteiger partial charge on any atom is -0.353 e. The van der Waals surface area contributed by atoms with Gasteiger partial charge in [0, 0.05) is 31.2 Å². The van der Waals surface area contributed by atoms with E-state index in [1.807, 2.05) is 22.9 Å². The summed E-state index contributed by atoms with van der Waals surface area (Å²) in [6.45, 7) is 3.87. The number of thiazole rings is 1. The van der Waals surface area contributed by atoms with Gasteiger partial charge in [-0.15, -0.1) is 11.3 Å². The summed E-state index contributed by atoms with van der Waals surface area (Å²) in [5.41, 5.74) is 6.84. The van der Waals surface area contributed by atoms with Crippen LogP contribution >= 0.6 is 11.3 Å². The molecule has 0 saturated carbocycles. The molecule has 2 aromatic rings. The van der Waals surface area contributed by atoms with Crippen LogP contribution in [0, 0.1) is 0 Å². The number of carbonyl (C=O) groups excluding carboxylic acids is 1. The highest BCUT2D eigenvalue weighted by molar-refractivity contribution is 7.15. The number of carbonyl (C=O) groups is 1. The lowest BCUT2D eigenvalue weighted by Crippen LogP contribution is -2.55. The van der Waals surface area contributed by atoms with Gasteiger partial charge in [-0.2, -0.15) is 0 Å². The Morgan fingerprint density at radius 2 is 2.47 bits per heavy atom. The predicted molar refractivity (Wildman–Crippen MR) is 75.4 cm³/mol. The first kappa shape index (κ1) is 12.4. The van der Waals surface area contributed by atoms with Crippen molar-refractivity contribution in [1.82, 2.24) is 14.7 Å². The summed E-state index contributed by atoms with van der Waals surface area (Å²) < 4.78 is 2.01. The van der Waals surface area contributed by atoms with E-state index in [0.717, 1.165) is 29.4 Å². The maximum atomic E-state index is 11.9. The molecule has 1 aliphatic rings. The van der Waals surface area contributed by atoms with Gasteiger partial charge < -0.3 is 16.0 Å². The third kappa shape index (κ3) is 1.89. The molecule has 1 unspecified atom stereocenters. The Morgan fingerprint density at radius 3 is 3.21 bits per heavy atom. The van der Waals surface area contributed by atoms with Crippen LogP contribution in [0.4, 0.5) is 5.82 Å². The monoisotopic (exact) mass is 279 g/mol. The molecule has 2 aromatic heterocycles. The average Bonchev–Trinajstić information content (AvgIpc) is 2.98. The molecule has 1 saturated heterocycles. The van der Waals surface area contributed by atoms with Crippen molar-refractivity contribution in [2.45, 2.75) is 25.9 Å². The summed E-state index contributed by atoms with van der Waals surface area (Å²) >= 11 is 1.58. The second-order valence-corrected chi connectivity index (χ2v) is 5.42. The maximum Gasteiger partial charge on any atom is 0.242 e. The van der Waals surface area contributed by atoms with Crippen LogP contribution in [-0.2, 0) is 11.3 Å². The highest BCUT2D eigenvalue weighted by Crippen LogP contribution is 2.27. The van der Waals surface area contributed by atoms with Crippen molar-refractivity contribution in [1.29, 1.82) is 0 Å². The molecule has 1 amide bonds. The summed E-state index contributed by atoms with van der Waals surface area (Å²) in [5, 5.41) is 4.90. The molecule has 3 N–H and O–H groups in total. The normalized spacial score (nSPS) is 20.0. The molecular weight excluding hydrogens is 262 g/mol. The quantitative estimate of drug-likeness (QED) is 0.861. The van der Waals surface area contributed by atoms with Crippen molar-refractivity contribution in [3.05, 3.63) is 17.3 Å². The molecule has 3 rings (SSSR count). The van der Waals surface area contributed by atoms with Crippen LogP contribution in [0.2, 0.25) is 0 Å². The fourth-order valence-corrected chi connectivity index (χ4v) is 3.34. The number of rotatable bonds is 3. The van der Waals surface area contributed by atoms with Crippen LogP contribution in [0.3, 0.4) is 0 Å². The van der Waals surface area contributed by atoms with Gasteiger partial charge in [0.1, 0.15) is 6.04 Å². The van der Waals surface area contributed by atoms with Crippen LogP contribution < -0.4 is 16.0 Å². The zero-order valence-corrected chi connectivity index (χ0v) is 11.6. The lowest BCUT2D eigenvalue weighted by molar-refractivity contribution is -0.123. The molecule has 7 heteroatoms. The Hall–Kier alpha value is -1.60. The van der Waals surface area contributed by atoms with Gasteiger partial charge in [0.15, 0.2) is 10.8 Å². The largest absolute Gasteiger partial charge is 0.353 e. The molecule has 0 radical (unpaired) electrons. The number of nitrogens with two attached hydrogens (primary N) is 1. The van der Waals surface area contributed by atoms with E-state index >= 15 is 0 Å². The zero-order valence-electron chi connectivity index (χ0n) is 10.8. The number of fused-ring (bicyclic) bond motifs is 1. The van der Waals surface area contributed by atoms with Crippen LogP contribution in [0.15, 0.2) is 11.6 Å². The van der Waals surface area contributed by atoms with Gasteiger partial charge in [0.25, 0.3) is 0 Å². The third-order valence-electron chi connectivity index (χ3n) is 3.52. The van der Waals surface area contributed by atoms with Gasteiger partial charge in [-0.3, -0.25) is 9.20 Å². The summed E-state index contributed by atoms with van der Waals surface area (Å²) in [5.74, 6) is 0.934. The molecular formula is C12H17N5OS. The molecule has 19 heavy (non-hydrogen) atoms. The molecule has 0 aromatic carbocycles. The third-order valence-corrected chi connectivity index (χ3v) is 4.28. The average molecular weight is 279 g/mol. The topological polar surface area (TPSA) is 75.7 Å². The van der Waals surface area contributed by atoms with E-state index in [-0.39, 0.29) is 11.9 Å². The first-order chi connectivity index (χ1) is 9.26. The Balaban J connectivity index is 2.06. The van der Waals surface area contributed by atoms with Crippen LogP contribution in [0.5, 0.6) is 0 Å². The molecule has 1 aliphatic heterocycles. The van der Waals surface area contributed by atoms with Crippen LogP contribution in [0.25, 0.3) is 4.96 Å². The van der Waals surface area contributed by atoms with E-state index in [2.05, 4.69) is 15.2 Å². The van der Waals surface area contributed by atoms with Crippen molar-refractivity contribution in [3.8, 4) is 0 Å². The summed E-state index contributed by atoms with van der Waals surface area (Å²) in [6, 6.07) is -0.149. The minimum atomic E-state index is -0.149. The van der Waals surface area contributed by atoms with Crippen LogP contribution in [-0.4, -0.2) is 34.4 Å². The number of aromatic nitrogens is 2. The molecule has 0 spiro atoms. The van der Waals surface area contributed by atoms with E-state index < -0.39 is 0 Å². The van der Waals surface area contributed by atoms with Crippen molar-refractivity contribution in [2.24, 2.45) is 5.73 Å². The Kier molecular flexibility index (Phi) is 3.16. The first-order valence-corrected chi connectivity index (χ1v) is 7.33. The standard InChI is InChI=1S/C12H17N5OS/c1-2-8-11(18)14-3-4-16(8)10-9(7-13)17-5-6-19-12(17)15-10/h5-6,8H,2-4,7,13H2,1H3,(H,14,18). The Labute approximate surface area is 115 Å². The van der Waals surface area contributed by atoms with Gasteiger partial charge in [0.2, 0.25) is 5.91 Å². The summed E-state index contributed by atoms with van der Waals surface area (Å²) in [7, 11) is 0. The van der Waals surface area contributed by atoms with Gasteiger partial charge in [-0.25, -0.2) is 4.98 Å². The second kappa shape index (κ2) is 4.82. The zero-order chi connectivity index (χ0) is 13.4. The highest BCUT2D eigenvalue weighted by Gasteiger charge is 2.31. The van der Waals surface area contributed by atoms with Crippen molar-refractivity contribution < 1.29 is 4.79 Å². The van der Waals surface area contributed by atoms with Crippen molar-refractivity contribution >= 4 is 28.0 Å². The lowest BCUT2D eigenvalue weighted by Gasteiger charge is -2.35. The molecule has 1 fully saturated rings. The number of hydrogen-bond acceptors (Lipinski definition) is 5. The van der Waals surface area contributed by atoms with Crippen LogP contribution in [0.1, 0.15) is 19.0 Å². The minimum absolute atomic E-state index is 0.0769. The number of imidazole rings is 1. The van der Waals surface area contributed by atoms with E-state index in [4.69, 9.17) is 5.73 Å². The summed E-state index contributed by atoms with van der Waals surface area (Å²) in [6.07, 6.45) is 2.74. The fourth-order valence-electron chi connectivity index (χ4n) is 2.61. The van der Waals surface area contributed by atoms with Gasteiger partial charge in [-0.05, 0) is 6.42 Å². The van der Waals surface area contributed by atoms with Gasteiger partial charge in [0.05, 0.1) is 5.69 Å². The van der Waals surface area contributed by atoms with Gasteiger partial charge >= 0.3 is 0 Å². The molecule has 6 nitrogen and oxygen atoms in total. The van der Waals surface area contributed by atoms with E-state index in [9.17, 15) is 4.79 Å². The molecule has 3 heterocycles. The highest BCUT2D eigenvalue weighted by atomic mass is 32.1. The predicted octanol–water partition coefficient (Wildman–Crippen LogP) is 0.569.